The number of hydrogen-bond acceptors (Lipinski definition) is 5. The number of methoxy groups -OCH3 is 2. The van der Waals surface area contributed by atoms with Crippen molar-refractivity contribution in [2.45, 2.75) is 45.6 Å². The number of unbranched alkanes of at least 4 members (excludes halogenated alkanes) is 2. The van der Waals surface area contributed by atoms with Gasteiger partial charge in [-0.05, 0) is 42.0 Å². The molecule has 1 heterocycles. The van der Waals surface area contributed by atoms with Gasteiger partial charge in [0.25, 0.3) is 0 Å². The predicted octanol–water partition coefficient (Wildman–Crippen LogP) is 4.93. The first-order valence-corrected chi connectivity index (χ1v) is 12.3. The van der Waals surface area contributed by atoms with Crippen molar-refractivity contribution in [3.8, 4) is 11.5 Å². The van der Waals surface area contributed by atoms with Crippen molar-refractivity contribution in [2.24, 2.45) is 0 Å². The third kappa shape index (κ3) is 8.57. The molecule has 0 fully saturated rings. The number of ether oxygens (including phenoxy) is 2. The highest BCUT2D eigenvalue weighted by Crippen LogP contribution is 2.28. The molecular weight excluding hydrogens is 436 g/mol. The van der Waals surface area contributed by atoms with E-state index in [2.05, 4.69) is 13.5 Å². The first-order valence-electron chi connectivity index (χ1n) is 11.4. The summed E-state index contributed by atoms with van der Waals surface area (Å²) in [5.74, 6) is 1.29. The van der Waals surface area contributed by atoms with Crippen LogP contribution < -0.4 is 9.47 Å². The summed E-state index contributed by atoms with van der Waals surface area (Å²) in [5.41, 5.74) is 1.05. The number of benzene rings is 1. The molecule has 2 rings (SSSR count). The molecule has 7 heteroatoms. The zero-order chi connectivity index (χ0) is 24.1. The second-order valence-electron chi connectivity index (χ2n) is 7.85. The highest BCUT2D eigenvalue weighted by atomic mass is 32.1. The SMILES string of the molecule is C=CCN(CC(=O)N(CCc1ccc(OC)c(OC)c1)Cc1cccs1)C(=O)CCCCC. The molecule has 6 nitrogen and oxygen atoms in total. The normalized spacial score (nSPS) is 10.5. The minimum atomic E-state index is -0.0606. The second kappa shape index (κ2) is 14.4. The summed E-state index contributed by atoms with van der Waals surface area (Å²) in [5, 5.41) is 2.01. The standard InChI is InChI=1S/C26H36N2O4S/c1-5-7-8-11-25(29)27(15-6-2)20-26(30)28(19-22-10-9-17-33-22)16-14-21-12-13-23(31-3)24(18-21)32-4/h6,9-10,12-13,17-18H,2,5,7-8,11,14-16,19-20H2,1,3-4H3. The molecular formula is C26H36N2O4S. The summed E-state index contributed by atoms with van der Waals surface area (Å²) >= 11 is 1.62. The zero-order valence-corrected chi connectivity index (χ0v) is 20.9. The van der Waals surface area contributed by atoms with Gasteiger partial charge >= 0.3 is 0 Å². The Labute approximate surface area is 201 Å². The minimum Gasteiger partial charge on any atom is -0.493 e. The van der Waals surface area contributed by atoms with Crippen molar-refractivity contribution in [3.05, 3.63) is 58.8 Å². The molecule has 180 valence electrons. The van der Waals surface area contributed by atoms with Crippen molar-refractivity contribution in [3.63, 3.8) is 0 Å². The van der Waals surface area contributed by atoms with Crippen LogP contribution in [0.2, 0.25) is 0 Å². The summed E-state index contributed by atoms with van der Waals surface area (Å²) in [6.45, 7) is 7.37. The molecule has 0 aliphatic rings. The zero-order valence-electron chi connectivity index (χ0n) is 20.0. The maximum absolute atomic E-state index is 13.3. The van der Waals surface area contributed by atoms with Crippen LogP contribution in [0.3, 0.4) is 0 Å². The molecule has 1 aromatic carbocycles. The van der Waals surface area contributed by atoms with Crippen LogP contribution in [0.4, 0.5) is 0 Å². The van der Waals surface area contributed by atoms with Crippen LogP contribution in [-0.2, 0) is 22.6 Å². The van der Waals surface area contributed by atoms with E-state index >= 15 is 0 Å². The van der Waals surface area contributed by atoms with Gasteiger partial charge in [-0.2, -0.15) is 0 Å². The third-order valence-corrected chi connectivity index (χ3v) is 6.28. The van der Waals surface area contributed by atoms with Crippen molar-refractivity contribution in [1.29, 1.82) is 0 Å². The summed E-state index contributed by atoms with van der Waals surface area (Å²) in [6.07, 6.45) is 5.72. The Balaban J connectivity index is 2.10. The number of amides is 2. The first-order chi connectivity index (χ1) is 16.0. The van der Waals surface area contributed by atoms with Gasteiger partial charge in [0.1, 0.15) is 6.54 Å². The Morgan fingerprint density at radius 1 is 1.06 bits per heavy atom. The number of nitrogens with zero attached hydrogens (tertiary/aromatic N) is 2. The Kier molecular flexibility index (Phi) is 11.5. The molecule has 0 saturated heterocycles. The third-order valence-electron chi connectivity index (χ3n) is 5.42. The molecule has 0 N–H and O–H groups in total. The highest BCUT2D eigenvalue weighted by Gasteiger charge is 2.21. The average molecular weight is 473 g/mol. The van der Waals surface area contributed by atoms with E-state index in [0.717, 1.165) is 29.7 Å². The smallest absolute Gasteiger partial charge is 0.242 e. The van der Waals surface area contributed by atoms with Crippen molar-refractivity contribution in [1.82, 2.24) is 9.80 Å². The predicted molar refractivity (Wildman–Crippen MR) is 134 cm³/mol. The molecule has 33 heavy (non-hydrogen) atoms. The average Bonchev–Trinajstić information content (AvgIpc) is 3.34. The molecule has 0 atom stereocenters. The highest BCUT2D eigenvalue weighted by molar-refractivity contribution is 7.09. The fraction of sp³-hybridized carbons (Fsp3) is 0.462. The maximum atomic E-state index is 13.3. The second-order valence-corrected chi connectivity index (χ2v) is 8.89. The lowest BCUT2D eigenvalue weighted by Gasteiger charge is -2.27. The van der Waals surface area contributed by atoms with Crippen LogP contribution in [0.25, 0.3) is 0 Å². The van der Waals surface area contributed by atoms with E-state index in [1.165, 1.54) is 0 Å². The van der Waals surface area contributed by atoms with Crippen LogP contribution in [0, 0.1) is 0 Å². The van der Waals surface area contributed by atoms with Crippen molar-refractivity contribution in [2.75, 3.05) is 33.9 Å². The van der Waals surface area contributed by atoms with Gasteiger partial charge in [0.2, 0.25) is 11.8 Å². The fourth-order valence-corrected chi connectivity index (χ4v) is 4.26. The van der Waals surface area contributed by atoms with Gasteiger partial charge in [0, 0.05) is 24.4 Å². The van der Waals surface area contributed by atoms with Gasteiger partial charge < -0.3 is 19.3 Å². The van der Waals surface area contributed by atoms with Gasteiger partial charge in [-0.1, -0.05) is 38.0 Å². The van der Waals surface area contributed by atoms with Crippen LogP contribution in [0.15, 0.2) is 48.4 Å². The lowest BCUT2D eigenvalue weighted by Crippen LogP contribution is -2.43. The topological polar surface area (TPSA) is 59.1 Å². The molecule has 0 aliphatic heterocycles. The largest absolute Gasteiger partial charge is 0.493 e. The quantitative estimate of drug-likeness (QED) is 0.272. The molecule has 2 amide bonds. The molecule has 1 aromatic heterocycles. The van der Waals surface area contributed by atoms with E-state index in [1.807, 2.05) is 40.6 Å². The van der Waals surface area contributed by atoms with Crippen molar-refractivity contribution < 1.29 is 19.1 Å². The maximum Gasteiger partial charge on any atom is 0.242 e. The summed E-state index contributed by atoms with van der Waals surface area (Å²) in [7, 11) is 3.22. The Morgan fingerprint density at radius 2 is 1.85 bits per heavy atom. The van der Waals surface area contributed by atoms with E-state index < -0.39 is 0 Å². The molecule has 0 saturated carbocycles. The monoisotopic (exact) mass is 472 g/mol. The van der Waals surface area contributed by atoms with Crippen LogP contribution in [-0.4, -0.2) is 55.5 Å². The lowest BCUT2D eigenvalue weighted by atomic mass is 10.1. The summed E-state index contributed by atoms with van der Waals surface area (Å²) < 4.78 is 10.7. The van der Waals surface area contributed by atoms with Gasteiger partial charge in [0.15, 0.2) is 11.5 Å². The van der Waals surface area contributed by atoms with Gasteiger partial charge in [-0.25, -0.2) is 0 Å². The number of carbonyl (C=O) groups is 2. The number of rotatable bonds is 15. The van der Waals surface area contributed by atoms with Gasteiger partial charge in [0.05, 0.1) is 20.8 Å². The van der Waals surface area contributed by atoms with E-state index in [4.69, 9.17) is 9.47 Å². The number of carbonyl (C=O) groups excluding carboxylic acids is 2. The number of hydrogen-bond donors (Lipinski definition) is 0. The lowest BCUT2D eigenvalue weighted by molar-refractivity contribution is -0.140. The van der Waals surface area contributed by atoms with Crippen LogP contribution in [0.1, 0.15) is 43.0 Å². The Hall–Kier alpha value is -2.80. The van der Waals surface area contributed by atoms with Crippen LogP contribution >= 0.6 is 11.3 Å². The van der Waals surface area contributed by atoms with Gasteiger partial charge in [-0.3, -0.25) is 9.59 Å². The fourth-order valence-electron chi connectivity index (χ4n) is 3.54. The van der Waals surface area contributed by atoms with Crippen molar-refractivity contribution >= 4 is 23.2 Å². The Bertz CT molecular complexity index is 882. The van der Waals surface area contributed by atoms with E-state index in [1.54, 1.807) is 36.5 Å². The molecule has 0 unspecified atom stereocenters. The van der Waals surface area contributed by atoms with E-state index in [0.29, 0.717) is 44.0 Å². The molecule has 0 aliphatic carbocycles. The first kappa shape index (κ1) is 26.5. The molecule has 2 aromatic rings. The Morgan fingerprint density at radius 3 is 2.48 bits per heavy atom. The molecule has 0 bridgehead atoms. The van der Waals surface area contributed by atoms with E-state index in [9.17, 15) is 9.59 Å². The van der Waals surface area contributed by atoms with E-state index in [-0.39, 0.29) is 18.4 Å². The molecule has 0 radical (unpaired) electrons. The number of thiophene rings is 1. The molecule has 0 spiro atoms. The van der Waals surface area contributed by atoms with Gasteiger partial charge in [-0.15, -0.1) is 17.9 Å². The van der Waals surface area contributed by atoms with Crippen LogP contribution in [0.5, 0.6) is 11.5 Å². The minimum absolute atomic E-state index is 0.00710. The summed E-state index contributed by atoms with van der Waals surface area (Å²) in [6, 6.07) is 9.81. The summed E-state index contributed by atoms with van der Waals surface area (Å²) in [4.78, 5) is 30.5.